The van der Waals surface area contributed by atoms with Crippen LogP contribution in [0.4, 0.5) is 5.69 Å². The summed E-state index contributed by atoms with van der Waals surface area (Å²) in [6.07, 6.45) is 3.28. The van der Waals surface area contributed by atoms with Crippen LogP contribution >= 0.6 is 0 Å². The highest BCUT2D eigenvalue weighted by Crippen LogP contribution is 2.18. The first kappa shape index (κ1) is 15.7. The second-order valence-corrected chi connectivity index (χ2v) is 5.46. The predicted molar refractivity (Wildman–Crippen MR) is 90.4 cm³/mol. The van der Waals surface area contributed by atoms with Crippen molar-refractivity contribution in [3.05, 3.63) is 54.1 Å². The number of benzene rings is 1. The summed E-state index contributed by atoms with van der Waals surface area (Å²) in [6.45, 7) is 1.72. The molecule has 2 heterocycles. The summed E-state index contributed by atoms with van der Waals surface area (Å²) in [5.41, 5.74) is 3.59. The monoisotopic (exact) mass is 323 g/mol. The van der Waals surface area contributed by atoms with Crippen LogP contribution in [0.3, 0.4) is 0 Å². The average molecular weight is 323 g/mol. The van der Waals surface area contributed by atoms with Crippen LogP contribution in [-0.4, -0.2) is 26.3 Å². The maximum absolute atomic E-state index is 12.4. The van der Waals surface area contributed by atoms with Crippen LogP contribution < -0.4 is 10.6 Å². The Balaban J connectivity index is 1.75. The van der Waals surface area contributed by atoms with Crippen LogP contribution in [0.1, 0.15) is 23.0 Å². The lowest BCUT2D eigenvalue weighted by Gasteiger charge is -2.07. The summed E-state index contributed by atoms with van der Waals surface area (Å²) < 4.78 is 1.91. The van der Waals surface area contributed by atoms with Gasteiger partial charge < -0.3 is 15.2 Å². The van der Waals surface area contributed by atoms with Gasteiger partial charge in [-0.3, -0.25) is 14.6 Å². The van der Waals surface area contributed by atoms with Crippen LogP contribution in [-0.2, 0) is 18.4 Å². The van der Waals surface area contributed by atoms with Gasteiger partial charge in [-0.1, -0.05) is 0 Å². The third-order valence-corrected chi connectivity index (χ3v) is 3.58. The van der Waals surface area contributed by atoms with E-state index in [4.69, 9.17) is 0 Å². The normalized spacial score (nSPS) is 10.6. The van der Waals surface area contributed by atoms with Gasteiger partial charge in [0.1, 0.15) is 0 Å². The summed E-state index contributed by atoms with van der Waals surface area (Å²) in [7, 11) is 1.92. The van der Waals surface area contributed by atoms with Crippen molar-refractivity contribution in [2.75, 3.05) is 5.32 Å². The average Bonchev–Trinajstić information content (AvgIpc) is 2.94. The smallest absolute Gasteiger partial charge is 0.255 e. The van der Waals surface area contributed by atoms with E-state index in [2.05, 4.69) is 20.6 Å². The highest BCUT2D eigenvalue weighted by Gasteiger charge is 2.09. The van der Waals surface area contributed by atoms with Crippen molar-refractivity contribution in [2.45, 2.75) is 13.5 Å². The number of rotatable bonds is 4. The summed E-state index contributed by atoms with van der Waals surface area (Å²) in [4.78, 5) is 31.8. The number of hydrogen-bond acceptors (Lipinski definition) is 4. The molecule has 2 N–H and O–H groups in total. The fourth-order valence-electron chi connectivity index (χ4n) is 2.35. The Labute approximate surface area is 138 Å². The molecule has 3 rings (SSSR count). The fourth-order valence-corrected chi connectivity index (χ4v) is 2.35. The number of carbonyl (C=O) groups excluding carboxylic acids is 2. The number of aromatic nitrogens is 3. The summed E-state index contributed by atoms with van der Waals surface area (Å²) in [5, 5.41) is 5.50. The van der Waals surface area contributed by atoms with Gasteiger partial charge in [-0.25, -0.2) is 4.98 Å². The van der Waals surface area contributed by atoms with Crippen LogP contribution in [0.25, 0.3) is 11.0 Å². The largest absolute Gasteiger partial charge is 0.351 e. The highest BCUT2D eigenvalue weighted by atomic mass is 16.2. The Morgan fingerprint density at radius 1 is 1.17 bits per heavy atom. The Kier molecular flexibility index (Phi) is 4.24. The van der Waals surface area contributed by atoms with E-state index < -0.39 is 0 Å². The van der Waals surface area contributed by atoms with Crippen molar-refractivity contribution in [1.29, 1.82) is 0 Å². The van der Waals surface area contributed by atoms with Crippen molar-refractivity contribution in [3.8, 4) is 0 Å². The second-order valence-electron chi connectivity index (χ2n) is 5.46. The molecule has 2 aromatic heterocycles. The van der Waals surface area contributed by atoms with Crippen molar-refractivity contribution in [1.82, 2.24) is 19.9 Å². The van der Waals surface area contributed by atoms with Gasteiger partial charge in [0.15, 0.2) is 0 Å². The minimum atomic E-state index is -0.239. The van der Waals surface area contributed by atoms with E-state index in [0.29, 0.717) is 16.9 Å². The molecule has 0 saturated heterocycles. The maximum atomic E-state index is 12.4. The molecule has 7 nitrogen and oxygen atoms in total. The molecule has 0 radical (unpaired) electrons. The zero-order chi connectivity index (χ0) is 17.1. The van der Waals surface area contributed by atoms with Crippen LogP contribution in [0, 0.1) is 0 Å². The van der Waals surface area contributed by atoms with Crippen molar-refractivity contribution >= 4 is 28.5 Å². The van der Waals surface area contributed by atoms with Crippen molar-refractivity contribution < 1.29 is 9.59 Å². The van der Waals surface area contributed by atoms with Gasteiger partial charge in [0.05, 0.1) is 29.6 Å². The molecule has 0 fully saturated rings. The number of nitrogens with one attached hydrogen (secondary N) is 2. The standard InChI is InChI=1S/C17H17N5O2/c1-11(23)19-9-14-7-12(5-6-18-14)17(24)21-13-3-4-16-15(8-13)20-10-22(16)2/h3-8,10H,9H2,1-2H3,(H,19,23)(H,21,24). The molecule has 0 bridgehead atoms. The van der Waals surface area contributed by atoms with Crippen molar-refractivity contribution in [3.63, 3.8) is 0 Å². The van der Waals surface area contributed by atoms with Crippen LogP contribution in [0.2, 0.25) is 0 Å². The molecule has 0 aliphatic rings. The zero-order valence-electron chi connectivity index (χ0n) is 13.4. The molecule has 0 saturated carbocycles. The second kappa shape index (κ2) is 6.49. The first-order valence-electron chi connectivity index (χ1n) is 7.45. The molecular weight excluding hydrogens is 306 g/mol. The molecule has 0 aliphatic carbocycles. The number of pyridine rings is 1. The van der Waals surface area contributed by atoms with Crippen LogP contribution in [0.15, 0.2) is 42.9 Å². The number of carbonyl (C=O) groups is 2. The molecular formula is C17H17N5O2. The van der Waals surface area contributed by atoms with Gasteiger partial charge in [0.25, 0.3) is 5.91 Å². The van der Waals surface area contributed by atoms with Gasteiger partial charge in [0, 0.05) is 31.4 Å². The number of amides is 2. The number of anilines is 1. The number of imidazole rings is 1. The van der Waals surface area contributed by atoms with E-state index in [0.717, 1.165) is 11.0 Å². The first-order valence-corrected chi connectivity index (χ1v) is 7.45. The summed E-state index contributed by atoms with van der Waals surface area (Å²) in [6, 6.07) is 8.86. The molecule has 0 unspecified atom stereocenters. The Hall–Kier alpha value is -3.22. The number of hydrogen-bond donors (Lipinski definition) is 2. The van der Waals surface area contributed by atoms with E-state index in [1.165, 1.54) is 6.92 Å². The topological polar surface area (TPSA) is 88.9 Å². The predicted octanol–water partition coefficient (Wildman–Crippen LogP) is 1.86. The third-order valence-electron chi connectivity index (χ3n) is 3.58. The third kappa shape index (κ3) is 3.40. The Bertz CT molecular complexity index is 916. The zero-order valence-corrected chi connectivity index (χ0v) is 13.4. The van der Waals surface area contributed by atoms with Gasteiger partial charge in [-0.2, -0.15) is 0 Å². The van der Waals surface area contributed by atoms with E-state index >= 15 is 0 Å². The van der Waals surface area contributed by atoms with Crippen molar-refractivity contribution in [2.24, 2.45) is 7.05 Å². The number of aryl methyl sites for hydroxylation is 1. The molecule has 2 amide bonds. The molecule has 0 atom stereocenters. The summed E-state index contributed by atoms with van der Waals surface area (Å²) in [5.74, 6) is -0.382. The molecule has 24 heavy (non-hydrogen) atoms. The fraction of sp³-hybridized carbons (Fsp3) is 0.176. The number of fused-ring (bicyclic) bond motifs is 1. The number of nitrogens with zero attached hydrogens (tertiary/aromatic N) is 3. The lowest BCUT2D eigenvalue weighted by atomic mass is 10.2. The molecule has 3 aromatic rings. The van der Waals surface area contributed by atoms with Gasteiger partial charge in [0.2, 0.25) is 5.91 Å². The van der Waals surface area contributed by atoms with E-state index in [1.54, 1.807) is 24.7 Å². The van der Waals surface area contributed by atoms with Gasteiger partial charge in [-0.15, -0.1) is 0 Å². The Morgan fingerprint density at radius 2 is 2.00 bits per heavy atom. The minimum absolute atomic E-state index is 0.143. The molecule has 122 valence electrons. The first-order chi connectivity index (χ1) is 11.5. The SMILES string of the molecule is CC(=O)NCc1cc(C(=O)Nc2ccc3c(c2)ncn3C)ccn1. The summed E-state index contributed by atoms with van der Waals surface area (Å²) >= 11 is 0. The van der Waals surface area contributed by atoms with Gasteiger partial charge in [-0.05, 0) is 30.3 Å². The van der Waals surface area contributed by atoms with Crippen LogP contribution in [0.5, 0.6) is 0 Å². The van der Waals surface area contributed by atoms with Gasteiger partial charge >= 0.3 is 0 Å². The molecule has 7 heteroatoms. The minimum Gasteiger partial charge on any atom is -0.351 e. The molecule has 0 aliphatic heterocycles. The molecule has 1 aromatic carbocycles. The van der Waals surface area contributed by atoms with E-state index in [9.17, 15) is 9.59 Å². The quantitative estimate of drug-likeness (QED) is 0.767. The lowest BCUT2D eigenvalue weighted by Crippen LogP contribution is -2.20. The maximum Gasteiger partial charge on any atom is 0.255 e. The lowest BCUT2D eigenvalue weighted by molar-refractivity contribution is -0.119. The molecule has 0 spiro atoms. The highest BCUT2D eigenvalue weighted by molar-refractivity contribution is 6.05. The Morgan fingerprint density at radius 3 is 2.79 bits per heavy atom. The van der Waals surface area contributed by atoms with E-state index in [-0.39, 0.29) is 18.4 Å². The van der Waals surface area contributed by atoms with E-state index in [1.807, 2.05) is 29.8 Å².